The van der Waals surface area contributed by atoms with E-state index in [-0.39, 0.29) is 18.6 Å². The van der Waals surface area contributed by atoms with Gasteiger partial charge in [-0.1, -0.05) is 24.3 Å². The lowest BCUT2D eigenvalue weighted by Gasteiger charge is -2.23. The number of aliphatic hydroxyl groups is 1. The van der Waals surface area contributed by atoms with E-state index in [4.69, 9.17) is 5.11 Å². The second-order valence-corrected chi connectivity index (χ2v) is 5.96. The molecule has 1 aliphatic heterocycles. The molecule has 23 heavy (non-hydrogen) atoms. The van der Waals surface area contributed by atoms with Crippen LogP contribution in [0.3, 0.4) is 0 Å². The van der Waals surface area contributed by atoms with Gasteiger partial charge in [-0.2, -0.15) is 0 Å². The third-order valence-corrected chi connectivity index (χ3v) is 4.37. The number of fused-ring (bicyclic) bond motifs is 1. The fourth-order valence-corrected chi connectivity index (χ4v) is 3.18. The molecule has 1 atom stereocenters. The SMILES string of the molecule is O=C(/C=C/c1ccc2ccccc2n1)N1CCCC1CCCO. The molecule has 1 fully saturated rings. The Bertz CT molecular complexity index is 711. The lowest BCUT2D eigenvalue weighted by atomic mass is 10.1. The Hall–Kier alpha value is -2.20. The van der Waals surface area contributed by atoms with Crippen molar-refractivity contribution in [2.45, 2.75) is 31.7 Å². The van der Waals surface area contributed by atoms with Crippen molar-refractivity contribution in [3.63, 3.8) is 0 Å². The maximum Gasteiger partial charge on any atom is 0.246 e. The van der Waals surface area contributed by atoms with Crippen molar-refractivity contribution in [2.75, 3.05) is 13.2 Å². The molecule has 0 saturated carbocycles. The first-order valence-electron chi connectivity index (χ1n) is 8.23. The van der Waals surface area contributed by atoms with E-state index in [1.54, 1.807) is 12.2 Å². The topological polar surface area (TPSA) is 53.4 Å². The highest BCUT2D eigenvalue weighted by molar-refractivity contribution is 5.92. The Labute approximate surface area is 136 Å². The van der Waals surface area contributed by atoms with Gasteiger partial charge in [0.1, 0.15) is 0 Å². The predicted octanol–water partition coefficient (Wildman–Crippen LogP) is 3.01. The number of carbonyl (C=O) groups excluding carboxylic acids is 1. The molecule has 4 heteroatoms. The summed E-state index contributed by atoms with van der Waals surface area (Å²) in [7, 11) is 0. The highest BCUT2D eigenvalue weighted by Crippen LogP contribution is 2.22. The number of para-hydroxylation sites is 1. The molecule has 1 aromatic carbocycles. The molecule has 120 valence electrons. The van der Waals surface area contributed by atoms with Gasteiger partial charge in [0.25, 0.3) is 0 Å². The number of hydrogen-bond donors (Lipinski definition) is 1. The molecule has 0 radical (unpaired) electrons. The largest absolute Gasteiger partial charge is 0.396 e. The fourth-order valence-electron chi connectivity index (χ4n) is 3.18. The number of aromatic nitrogens is 1. The molecule has 3 rings (SSSR count). The van der Waals surface area contributed by atoms with Gasteiger partial charge in [-0.05, 0) is 43.9 Å². The summed E-state index contributed by atoms with van der Waals surface area (Å²) >= 11 is 0. The maximum absolute atomic E-state index is 12.4. The Balaban J connectivity index is 1.69. The Kier molecular flexibility index (Phi) is 5.03. The summed E-state index contributed by atoms with van der Waals surface area (Å²) in [4.78, 5) is 18.9. The molecule has 0 spiro atoms. The highest BCUT2D eigenvalue weighted by Gasteiger charge is 2.26. The van der Waals surface area contributed by atoms with Gasteiger partial charge in [0.15, 0.2) is 0 Å². The van der Waals surface area contributed by atoms with Crippen LogP contribution in [0.4, 0.5) is 0 Å². The first-order valence-corrected chi connectivity index (χ1v) is 8.23. The number of pyridine rings is 1. The molecule has 1 unspecified atom stereocenters. The summed E-state index contributed by atoms with van der Waals surface area (Å²) in [5.41, 5.74) is 1.73. The molecule has 1 aliphatic rings. The van der Waals surface area contributed by atoms with Crippen LogP contribution < -0.4 is 0 Å². The van der Waals surface area contributed by atoms with E-state index < -0.39 is 0 Å². The third kappa shape index (κ3) is 3.77. The van der Waals surface area contributed by atoms with Crippen molar-refractivity contribution in [1.82, 2.24) is 9.88 Å². The number of nitrogens with zero attached hydrogens (tertiary/aromatic N) is 2. The minimum absolute atomic E-state index is 0.0420. The maximum atomic E-state index is 12.4. The van der Waals surface area contributed by atoms with E-state index in [1.807, 2.05) is 41.3 Å². The van der Waals surface area contributed by atoms with Crippen molar-refractivity contribution >= 4 is 22.9 Å². The molecular formula is C19H22N2O2. The zero-order chi connectivity index (χ0) is 16.1. The summed E-state index contributed by atoms with van der Waals surface area (Å²) in [6.45, 7) is 1.000. The molecule has 1 N–H and O–H groups in total. The number of aliphatic hydroxyl groups excluding tert-OH is 1. The van der Waals surface area contributed by atoms with Gasteiger partial charge in [-0.15, -0.1) is 0 Å². The molecular weight excluding hydrogens is 288 g/mol. The van der Waals surface area contributed by atoms with Crippen molar-refractivity contribution in [1.29, 1.82) is 0 Å². The molecule has 1 amide bonds. The standard InChI is InChI=1S/C19H22N2O2/c22-14-4-7-17-6-3-13-21(17)19(23)12-11-16-10-9-15-5-1-2-8-18(15)20-16/h1-2,5,8-12,17,22H,3-4,6-7,13-14H2/b12-11+. The molecule has 1 aromatic heterocycles. The van der Waals surface area contributed by atoms with Crippen LogP contribution in [0.15, 0.2) is 42.5 Å². The number of rotatable bonds is 5. The van der Waals surface area contributed by atoms with Gasteiger partial charge in [0.2, 0.25) is 5.91 Å². The average Bonchev–Trinajstić information content (AvgIpc) is 3.06. The second kappa shape index (κ2) is 7.38. The molecule has 4 nitrogen and oxygen atoms in total. The van der Waals surface area contributed by atoms with Crippen molar-refractivity contribution in [2.24, 2.45) is 0 Å². The fraction of sp³-hybridized carbons (Fsp3) is 0.368. The van der Waals surface area contributed by atoms with Crippen LogP contribution in [0.1, 0.15) is 31.4 Å². The normalized spacial score (nSPS) is 18.1. The monoisotopic (exact) mass is 310 g/mol. The number of likely N-dealkylation sites (tertiary alicyclic amines) is 1. The van der Waals surface area contributed by atoms with Crippen LogP contribution in [0.25, 0.3) is 17.0 Å². The first-order chi connectivity index (χ1) is 11.3. The number of hydrogen-bond acceptors (Lipinski definition) is 3. The molecule has 2 heterocycles. The summed E-state index contributed by atoms with van der Waals surface area (Å²) in [5.74, 6) is 0.0420. The predicted molar refractivity (Wildman–Crippen MR) is 91.8 cm³/mol. The molecule has 0 aliphatic carbocycles. The quantitative estimate of drug-likeness (QED) is 0.864. The van der Waals surface area contributed by atoms with Crippen LogP contribution in [-0.2, 0) is 4.79 Å². The van der Waals surface area contributed by atoms with Gasteiger partial charge in [-0.3, -0.25) is 4.79 Å². The molecule has 0 bridgehead atoms. The second-order valence-electron chi connectivity index (χ2n) is 5.96. The van der Waals surface area contributed by atoms with Crippen molar-refractivity contribution in [3.05, 3.63) is 48.2 Å². The van der Waals surface area contributed by atoms with E-state index in [1.165, 1.54) is 0 Å². The van der Waals surface area contributed by atoms with Crippen molar-refractivity contribution < 1.29 is 9.90 Å². The number of benzene rings is 1. The van der Waals surface area contributed by atoms with Gasteiger partial charge < -0.3 is 10.0 Å². The lowest BCUT2D eigenvalue weighted by Crippen LogP contribution is -2.34. The van der Waals surface area contributed by atoms with Crippen LogP contribution in [0.2, 0.25) is 0 Å². The van der Waals surface area contributed by atoms with Gasteiger partial charge in [0, 0.05) is 30.7 Å². The zero-order valence-corrected chi connectivity index (χ0v) is 13.2. The minimum Gasteiger partial charge on any atom is -0.396 e. The van der Waals surface area contributed by atoms with Crippen molar-refractivity contribution in [3.8, 4) is 0 Å². The highest BCUT2D eigenvalue weighted by atomic mass is 16.3. The summed E-state index contributed by atoms with van der Waals surface area (Å²) in [5, 5.41) is 10.1. The summed E-state index contributed by atoms with van der Waals surface area (Å²) in [6.07, 6.45) is 7.12. The van der Waals surface area contributed by atoms with E-state index in [0.29, 0.717) is 0 Å². The summed E-state index contributed by atoms with van der Waals surface area (Å²) < 4.78 is 0. The van der Waals surface area contributed by atoms with Gasteiger partial charge in [-0.25, -0.2) is 4.98 Å². The lowest BCUT2D eigenvalue weighted by molar-refractivity contribution is -0.126. The molecule has 2 aromatic rings. The summed E-state index contributed by atoms with van der Waals surface area (Å²) in [6, 6.07) is 12.2. The van der Waals surface area contributed by atoms with Crippen LogP contribution in [0, 0.1) is 0 Å². The van der Waals surface area contributed by atoms with E-state index in [2.05, 4.69) is 4.98 Å². The Morgan fingerprint density at radius 3 is 3.04 bits per heavy atom. The van der Waals surface area contributed by atoms with Gasteiger partial charge in [0.05, 0.1) is 11.2 Å². The Morgan fingerprint density at radius 2 is 2.17 bits per heavy atom. The first kappa shape index (κ1) is 15.7. The third-order valence-electron chi connectivity index (χ3n) is 4.37. The minimum atomic E-state index is 0.0420. The smallest absolute Gasteiger partial charge is 0.246 e. The number of amides is 1. The Morgan fingerprint density at radius 1 is 1.30 bits per heavy atom. The van der Waals surface area contributed by atoms with E-state index >= 15 is 0 Å². The van der Waals surface area contributed by atoms with Crippen LogP contribution in [0.5, 0.6) is 0 Å². The van der Waals surface area contributed by atoms with Crippen LogP contribution in [-0.4, -0.2) is 40.1 Å². The van der Waals surface area contributed by atoms with E-state index in [0.717, 1.165) is 48.8 Å². The van der Waals surface area contributed by atoms with E-state index in [9.17, 15) is 4.79 Å². The average molecular weight is 310 g/mol. The van der Waals surface area contributed by atoms with Gasteiger partial charge >= 0.3 is 0 Å². The zero-order valence-electron chi connectivity index (χ0n) is 13.2. The number of carbonyl (C=O) groups is 1. The van der Waals surface area contributed by atoms with Crippen LogP contribution >= 0.6 is 0 Å². The molecule has 1 saturated heterocycles.